The minimum atomic E-state index is -0.695. The second-order valence-electron chi connectivity index (χ2n) is 6.74. The van der Waals surface area contributed by atoms with E-state index in [2.05, 4.69) is 4.98 Å². The Morgan fingerprint density at radius 3 is 2.41 bits per heavy atom. The van der Waals surface area contributed by atoms with Gasteiger partial charge in [0.05, 0.1) is 28.3 Å². The van der Waals surface area contributed by atoms with E-state index in [0.717, 1.165) is 12.8 Å². The van der Waals surface area contributed by atoms with Gasteiger partial charge in [-0.15, -0.1) is 0 Å². The fraction of sp³-hybridized carbons (Fsp3) is 0.643. The van der Waals surface area contributed by atoms with E-state index >= 15 is 0 Å². The first-order chi connectivity index (χ1) is 10.2. The van der Waals surface area contributed by atoms with Crippen LogP contribution in [0.2, 0.25) is 0 Å². The smallest absolute Gasteiger partial charge is 0.489 e. The highest BCUT2D eigenvalue weighted by atomic mass is 16.7. The molecule has 22 heavy (non-hydrogen) atoms. The summed E-state index contributed by atoms with van der Waals surface area (Å²) in [6, 6.07) is 1.39. The van der Waals surface area contributed by atoms with Crippen molar-refractivity contribution in [3.63, 3.8) is 0 Å². The molecule has 2 heterocycles. The Labute approximate surface area is 129 Å². The van der Waals surface area contributed by atoms with Crippen LogP contribution >= 0.6 is 0 Å². The summed E-state index contributed by atoms with van der Waals surface area (Å²) in [5, 5.41) is 10.9. The van der Waals surface area contributed by atoms with Gasteiger partial charge in [0.2, 0.25) is 0 Å². The number of nitrogens with zero attached hydrogens (tertiary/aromatic N) is 2. The number of pyridine rings is 1. The first kappa shape index (κ1) is 15.2. The molecule has 7 nitrogen and oxygen atoms in total. The second kappa shape index (κ2) is 4.92. The predicted molar refractivity (Wildman–Crippen MR) is 80.3 cm³/mol. The van der Waals surface area contributed by atoms with E-state index < -0.39 is 23.2 Å². The average Bonchev–Trinajstić information content (AvgIpc) is 3.17. The summed E-state index contributed by atoms with van der Waals surface area (Å²) in [7, 11) is -0.695. The summed E-state index contributed by atoms with van der Waals surface area (Å²) >= 11 is 0. The third-order valence-electron chi connectivity index (χ3n) is 4.37. The van der Waals surface area contributed by atoms with Gasteiger partial charge in [0.25, 0.3) is 5.69 Å². The summed E-state index contributed by atoms with van der Waals surface area (Å²) in [6.07, 6.45) is 3.21. The Morgan fingerprint density at radius 2 is 1.91 bits per heavy atom. The van der Waals surface area contributed by atoms with Crippen LogP contribution in [0.25, 0.3) is 0 Å². The molecule has 118 valence electrons. The molecule has 0 atom stereocenters. The molecule has 0 spiro atoms. The molecule has 0 radical (unpaired) electrons. The third-order valence-corrected chi connectivity index (χ3v) is 4.37. The van der Waals surface area contributed by atoms with Crippen LogP contribution in [-0.2, 0) is 9.31 Å². The van der Waals surface area contributed by atoms with Crippen LogP contribution in [-0.4, -0.2) is 34.3 Å². The summed E-state index contributed by atoms with van der Waals surface area (Å²) < 4.78 is 17.7. The zero-order valence-electron chi connectivity index (χ0n) is 13.2. The lowest BCUT2D eigenvalue weighted by Crippen LogP contribution is -2.41. The molecule has 1 aliphatic carbocycles. The maximum absolute atomic E-state index is 10.9. The fourth-order valence-corrected chi connectivity index (χ4v) is 2.14. The minimum absolute atomic E-state index is 0.101. The molecule has 2 aliphatic rings. The number of hydrogen-bond donors (Lipinski definition) is 0. The number of ether oxygens (including phenoxy) is 1. The molecule has 0 unspecified atom stereocenters. The molecule has 2 fully saturated rings. The molecule has 0 bridgehead atoms. The van der Waals surface area contributed by atoms with Gasteiger partial charge in [0.15, 0.2) is 0 Å². The van der Waals surface area contributed by atoms with Crippen molar-refractivity contribution in [3.8, 4) is 5.75 Å². The summed E-state index contributed by atoms with van der Waals surface area (Å²) in [4.78, 5) is 14.6. The van der Waals surface area contributed by atoms with E-state index in [4.69, 9.17) is 14.0 Å². The Hall–Kier alpha value is -1.67. The van der Waals surface area contributed by atoms with E-state index in [0.29, 0.717) is 11.3 Å². The molecule has 8 heteroatoms. The van der Waals surface area contributed by atoms with Crippen LogP contribution in [0.3, 0.4) is 0 Å². The van der Waals surface area contributed by atoms with Gasteiger partial charge in [-0.1, -0.05) is 0 Å². The molecule has 1 aromatic heterocycles. The topological polar surface area (TPSA) is 83.7 Å². The molecule has 0 amide bonds. The molecule has 1 saturated carbocycles. The summed E-state index contributed by atoms with van der Waals surface area (Å²) in [6.45, 7) is 7.78. The van der Waals surface area contributed by atoms with E-state index in [1.165, 1.54) is 12.3 Å². The Bertz CT molecular complexity index is 599. The second-order valence-corrected chi connectivity index (χ2v) is 6.74. The lowest BCUT2D eigenvalue weighted by atomic mass is 9.83. The first-order valence-corrected chi connectivity index (χ1v) is 7.36. The first-order valence-electron chi connectivity index (χ1n) is 7.36. The quantitative estimate of drug-likeness (QED) is 0.479. The lowest BCUT2D eigenvalue weighted by molar-refractivity contribution is -0.385. The van der Waals surface area contributed by atoms with E-state index in [9.17, 15) is 10.1 Å². The van der Waals surface area contributed by atoms with Crippen LogP contribution in [0.5, 0.6) is 5.75 Å². The van der Waals surface area contributed by atoms with E-state index in [1.54, 1.807) is 0 Å². The maximum Gasteiger partial charge on any atom is 0.518 e. The molecular formula is C14H19BN2O5. The molecular weight excluding hydrogens is 287 g/mol. The average molecular weight is 306 g/mol. The Morgan fingerprint density at radius 1 is 1.32 bits per heavy atom. The van der Waals surface area contributed by atoms with Crippen molar-refractivity contribution >= 4 is 18.4 Å². The molecule has 0 N–H and O–H groups in total. The maximum atomic E-state index is 10.9. The molecule has 1 aromatic rings. The van der Waals surface area contributed by atoms with Gasteiger partial charge in [0, 0.05) is 0 Å². The van der Waals surface area contributed by atoms with Crippen molar-refractivity contribution in [1.82, 2.24) is 4.98 Å². The Balaban J connectivity index is 1.94. The van der Waals surface area contributed by atoms with Crippen molar-refractivity contribution in [3.05, 3.63) is 22.4 Å². The monoisotopic (exact) mass is 306 g/mol. The van der Waals surface area contributed by atoms with Crippen molar-refractivity contribution in [2.24, 2.45) is 0 Å². The minimum Gasteiger partial charge on any atom is -0.489 e. The highest BCUT2D eigenvalue weighted by Crippen LogP contribution is 2.37. The van der Waals surface area contributed by atoms with Crippen LogP contribution in [0.4, 0.5) is 5.69 Å². The van der Waals surface area contributed by atoms with E-state index in [1.807, 2.05) is 27.7 Å². The van der Waals surface area contributed by atoms with Crippen LogP contribution in [0.15, 0.2) is 12.3 Å². The molecule has 3 rings (SSSR count). The zero-order chi connectivity index (χ0) is 16.1. The van der Waals surface area contributed by atoms with Crippen molar-refractivity contribution in [2.75, 3.05) is 0 Å². The molecule has 1 saturated heterocycles. The number of aromatic nitrogens is 1. The standard InChI is InChI=1S/C14H19BN2O5/c1-13(2)14(3,4)22-15(21-13)12-11(20-10-5-6-10)7-9(8-16-12)17(18)19/h7-8,10H,5-6H2,1-4H3. The van der Waals surface area contributed by atoms with Gasteiger partial charge in [-0.25, -0.2) is 0 Å². The van der Waals surface area contributed by atoms with Crippen molar-refractivity contribution < 1.29 is 19.0 Å². The number of rotatable bonds is 4. The SMILES string of the molecule is CC1(C)OB(c2ncc([N+](=O)[O-])cc2OC2CC2)OC1(C)C. The van der Waals surface area contributed by atoms with Gasteiger partial charge in [-0.2, -0.15) is 0 Å². The third kappa shape index (κ3) is 2.68. The van der Waals surface area contributed by atoms with Gasteiger partial charge in [0.1, 0.15) is 17.5 Å². The molecule has 1 aliphatic heterocycles. The zero-order valence-corrected chi connectivity index (χ0v) is 13.2. The van der Waals surface area contributed by atoms with Gasteiger partial charge >= 0.3 is 7.12 Å². The van der Waals surface area contributed by atoms with Crippen LogP contribution in [0, 0.1) is 10.1 Å². The van der Waals surface area contributed by atoms with Gasteiger partial charge in [-0.3, -0.25) is 15.1 Å². The highest BCUT2D eigenvalue weighted by Gasteiger charge is 2.53. The summed E-state index contributed by atoms with van der Waals surface area (Å²) in [5.74, 6) is 0.371. The lowest BCUT2D eigenvalue weighted by Gasteiger charge is -2.32. The van der Waals surface area contributed by atoms with Crippen LogP contribution in [0.1, 0.15) is 40.5 Å². The number of hydrogen-bond acceptors (Lipinski definition) is 6. The van der Waals surface area contributed by atoms with Crippen molar-refractivity contribution in [2.45, 2.75) is 57.8 Å². The Kier molecular flexibility index (Phi) is 3.41. The summed E-state index contributed by atoms with van der Waals surface area (Å²) in [5.41, 5.74) is -0.650. The largest absolute Gasteiger partial charge is 0.518 e. The predicted octanol–water partition coefficient (Wildman–Crippen LogP) is 1.83. The van der Waals surface area contributed by atoms with Gasteiger partial charge in [-0.05, 0) is 40.5 Å². The highest BCUT2D eigenvalue weighted by molar-refractivity contribution is 6.62. The van der Waals surface area contributed by atoms with Crippen molar-refractivity contribution in [1.29, 1.82) is 0 Å². The van der Waals surface area contributed by atoms with Crippen LogP contribution < -0.4 is 10.3 Å². The van der Waals surface area contributed by atoms with Gasteiger partial charge < -0.3 is 14.0 Å². The van der Waals surface area contributed by atoms with E-state index in [-0.39, 0.29) is 11.8 Å². The fourth-order valence-electron chi connectivity index (χ4n) is 2.14. The number of nitro groups is 1. The molecule has 0 aromatic carbocycles. The normalized spacial score (nSPS) is 22.6.